The number of ether oxygens (including phenoxy) is 1. The number of aromatic nitrogens is 4. The molecule has 0 radical (unpaired) electrons. The molecule has 0 unspecified atom stereocenters. The lowest BCUT2D eigenvalue weighted by Crippen LogP contribution is -2.00. The number of thiazole rings is 1. The molecule has 3 aromatic carbocycles. The number of hydrogen-bond acceptors (Lipinski definition) is 8. The Morgan fingerprint density at radius 2 is 1.73 bits per heavy atom. The van der Waals surface area contributed by atoms with Crippen LogP contribution < -0.4 is 4.74 Å². The summed E-state index contributed by atoms with van der Waals surface area (Å²) in [5.74, 6) is 1.36. The molecule has 166 valence electrons. The van der Waals surface area contributed by atoms with Crippen molar-refractivity contribution in [1.29, 1.82) is 0 Å². The van der Waals surface area contributed by atoms with Gasteiger partial charge in [-0.2, -0.15) is 0 Å². The molecule has 0 aliphatic heterocycles. The normalized spacial score (nSPS) is 11.7. The van der Waals surface area contributed by atoms with E-state index in [9.17, 15) is 8.42 Å². The lowest BCUT2D eigenvalue weighted by Gasteiger charge is -2.11. The molecule has 5 rings (SSSR count). The second-order valence-electron chi connectivity index (χ2n) is 7.16. The first-order valence-corrected chi connectivity index (χ1v) is 13.4. The van der Waals surface area contributed by atoms with Crippen molar-refractivity contribution in [3.8, 4) is 22.8 Å². The van der Waals surface area contributed by atoms with E-state index in [-0.39, 0.29) is 4.90 Å². The zero-order valence-corrected chi connectivity index (χ0v) is 20.1. The minimum atomic E-state index is -3.29. The molecule has 33 heavy (non-hydrogen) atoms. The van der Waals surface area contributed by atoms with Crippen molar-refractivity contribution in [2.24, 2.45) is 0 Å². The first-order chi connectivity index (χ1) is 15.9. The van der Waals surface area contributed by atoms with Gasteiger partial charge in [0, 0.05) is 11.9 Å². The third-order valence-electron chi connectivity index (χ3n) is 4.94. The van der Waals surface area contributed by atoms with Crippen LogP contribution in [0.25, 0.3) is 27.3 Å². The molecule has 0 saturated carbocycles. The van der Waals surface area contributed by atoms with Crippen molar-refractivity contribution >= 4 is 43.2 Å². The molecule has 7 nitrogen and oxygen atoms in total. The van der Waals surface area contributed by atoms with Crippen LogP contribution >= 0.6 is 23.1 Å². The van der Waals surface area contributed by atoms with Gasteiger partial charge in [0.1, 0.15) is 5.75 Å². The summed E-state index contributed by atoms with van der Waals surface area (Å²) < 4.78 is 32.9. The van der Waals surface area contributed by atoms with Gasteiger partial charge in [0.2, 0.25) is 5.16 Å². The molecule has 0 spiro atoms. The fourth-order valence-electron chi connectivity index (χ4n) is 3.39. The Morgan fingerprint density at radius 1 is 0.970 bits per heavy atom. The highest BCUT2D eigenvalue weighted by atomic mass is 32.2. The summed E-state index contributed by atoms with van der Waals surface area (Å²) in [6, 6.07) is 22.5. The van der Waals surface area contributed by atoms with Crippen LogP contribution in [0.15, 0.2) is 87.2 Å². The van der Waals surface area contributed by atoms with Crippen molar-refractivity contribution < 1.29 is 13.2 Å². The zero-order valence-electron chi connectivity index (χ0n) is 17.7. The van der Waals surface area contributed by atoms with Crippen molar-refractivity contribution in [3.63, 3.8) is 0 Å². The van der Waals surface area contributed by atoms with Gasteiger partial charge in [-0.25, -0.2) is 13.4 Å². The predicted octanol–water partition coefficient (Wildman–Crippen LogP) is 5.11. The average molecular weight is 495 g/mol. The van der Waals surface area contributed by atoms with Crippen LogP contribution in [0.3, 0.4) is 0 Å². The molecule has 0 atom stereocenters. The van der Waals surface area contributed by atoms with Gasteiger partial charge in [0.15, 0.2) is 20.0 Å². The van der Waals surface area contributed by atoms with Crippen molar-refractivity contribution in [2.45, 2.75) is 14.4 Å². The van der Waals surface area contributed by atoms with Gasteiger partial charge in [0.25, 0.3) is 0 Å². The summed E-state index contributed by atoms with van der Waals surface area (Å²) in [6.07, 6.45) is 1.20. The smallest absolute Gasteiger partial charge is 0.203 e. The second kappa shape index (κ2) is 8.62. The fourth-order valence-corrected chi connectivity index (χ4v) is 6.17. The average Bonchev–Trinajstić information content (AvgIpc) is 3.42. The molecule has 0 saturated heterocycles. The van der Waals surface area contributed by atoms with Gasteiger partial charge in [0.05, 0.1) is 27.8 Å². The van der Waals surface area contributed by atoms with Gasteiger partial charge in [-0.3, -0.25) is 4.57 Å². The SMILES string of the molecule is COc1ccccc1-c1nnc(Sc2nc3ccc(S(C)(=O)=O)cc3s2)n1-c1ccccc1. The Bertz CT molecular complexity index is 1560. The molecule has 0 N–H and O–H groups in total. The topological polar surface area (TPSA) is 87.0 Å². The Hall–Kier alpha value is -3.21. The molecule has 0 fully saturated rings. The molecular formula is C23H18N4O3S3. The van der Waals surface area contributed by atoms with Crippen LogP contribution in [0, 0.1) is 0 Å². The third-order valence-corrected chi connectivity index (χ3v) is 8.08. The molecule has 2 heterocycles. The largest absolute Gasteiger partial charge is 0.496 e. The first kappa shape index (κ1) is 21.6. The van der Waals surface area contributed by atoms with E-state index in [1.807, 2.05) is 59.2 Å². The number of methoxy groups -OCH3 is 1. The van der Waals surface area contributed by atoms with Gasteiger partial charge in [-0.1, -0.05) is 30.3 Å². The molecule has 2 aromatic heterocycles. The minimum absolute atomic E-state index is 0.279. The van der Waals surface area contributed by atoms with Crippen molar-refractivity contribution in [3.05, 3.63) is 72.8 Å². The van der Waals surface area contributed by atoms with Crippen molar-refractivity contribution in [1.82, 2.24) is 19.7 Å². The number of rotatable bonds is 6. The van der Waals surface area contributed by atoms with E-state index in [4.69, 9.17) is 4.74 Å². The van der Waals surface area contributed by atoms with Crippen LogP contribution in [0.4, 0.5) is 0 Å². The van der Waals surface area contributed by atoms with E-state index < -0.39 is 9.84 Å². The van der Waals surface area contributed by atoms with Gasteiger partial charge in [-0.15, -0.1) is 21.5 Å². The van der Waals surface area contributed by atoms with E-state index in [0.29, 0.717) is 16.7 Å². The number of para-hydroxylation sites is 2. The second-order valence-corrected chi connectivity index (χ2v) is 11.4. The standard InChI is InChI=1S/C23H18N4O3S3/c1-30-19-11-7-6-10-17(19)21-25-26-22(27(21)15-8-4-3-5-9-15)32-23-24-18-13-12-16(33(2,28)29)14-20(18)31-23/h3-14H,1-2H3. The summed E-state index contributed by atoms with van der Waals surface area (Å²) >= 11 is 2.80. The number of fused-ring (bicyclic) bond motifs is 1. The van der Waals surface area contributed by atoms with Crippen LogP contribution in [-0.2, 0) is 9.84 Å². The Balaban J connectivity index is 1.61. The lowest BCUT2D eigenvalue weighted by molar-refractivity contribution is 0.416. The summed E-state index contributed by atoms with van der Waals surface area (Å²) in [5.41, 5.74) is 2.47. The highest BCUT2D eigenvalue weighted by molar-refractivity contribution is 8.01. The Kier molecular flexibility index (Phi) is 5.65. The minimum Gasteiger partial charge on any atom is -0.496 e. The molecular weight excluding hydrogens is 476 g/mol. The van der Waals surface area contributed by atoms with Crippen LogP contribution in [0.2, 0.25) is 0 Å². The molecule has 0 bridgehead atoms. The maximum Gasteiger partial charge on any atom is 0.203 e. The highest BCUT2D eigenvalue weighted by Gasteiger charge is 2.21. The molecule has 0 amide bonds. The summed E-state index contributed by atoms with van der Waals surface area (Å²) in [7, 11) is -1.66. The number of nitrogens with zero attached hydrogens (tertiary/aromatic N) is 4. The molecule has 10 heteroatoms. The number of hydrogen-bond donors (Lipinski definition) is 0. The lowest BCUT2D eigenvalue weighted by atomic mass is 10.2. The van der Waals surface area contributed by atoms with Gasteiger partial charge < -0.3 is 4.74 Å². The summed E-state index contributed by atoms with van der Waals surface area (Å²) in [6.45, 7) is 0. The first-order valence-electron chi connectivity index (χ1n) is 9.87. The van der Waals surface area contributed by atoms with Gasteiger partial charge >= 0.3 is 0 Å². The van der Waals surface area contributed by atoms with Crippen LogP contribution in [-0.4, -0.2) is 41.5 Å². The number of benzene rings is 3. The van der Waals surface area contributed by atoms with E-state index in [2.05, 4.69) is 15.2 Å². The Morgan fingerprint density at radius 3 is 2.48 bits per heavy atom. The van der Waals surface area contributed by atoms with Crippen molar-refractivity contribution in [2.75, 3.05) is 13.4 Å². The van der Waals surface area contributed by atoms with Gasteiger partial charge in [-0.05, 0) is 54.2 Å². The molecule has 0 aliphatic carbocycles. The maximum atomic E-state index is 11.9. The molecule has 5 aromatic rings. The van der Waals surface area contributed by atoms with E-state index in [1.165, 1.54) is 29.4 Å². The third kappa shape index (κ3) is 4.24. The number of sulfone groups is 1. The highest BCUT2D eigenvalue weighted by Crippen LogP contribution is 2.38. The fraction of sp³-hybridized carbons (Fsp3) is 0.0870. The quantitative estimate of drug-likeness (QED) is 0.324. The monoisotopic (exact) mass is 494 g/mol. The summed E-state index contributed by atoms with van der Waals surface area (Å²) in [4.78, 5) is 4.94. The zero-order chi connectivity index (χ0) is 23.0. The molecule has 0 aliphatic rings. The van der Waals surface area contributed by atoms with E-state index >= 15 is 0 Å². The van der Waals surface area contributed by atoms with E-state index in [0.717, 1.165) is 25.8 Å². The van der Waals surface area contributed by atoms with E-state index in [1.54, 1.807) is 25.3 Å². The summed E-state index contributed by atoms with van der Waals surface area (Å²) in [5, 5.41) is 9.58. The predicted molar refractivity (Wildman–Crippen MR) is 130 cm³/mol. The Labute approximate surface area is 199 Å². The maximum absolute atomic E-state index is 11.9. The van der Waals surface area contributed by atoms with Crippen LogP contribution in [0.5, 0.6) is 5.75 Å². The van der Waals surface area contributed by atoms with Crippen LogP contribution in [0.1, 0.15) is 0 Å².